The molecule has 3 rings (SSSR count). The average Bonchev–Trinajstić information content (AvgIpc) is 2.68. The topological polar surface area (TPSA) is 12.0 Å². The van der Waals surface area contributed by atoms with E-state index in [1.54, 1.807) is 0 Å². The highest BCUT2D eigenvalue weighted by atomic mass is 35.5. The van der Waals surface area contributed by atoms with Crippen molar-refractivity contribution >= 4 is 12.4 Å². The Morgan fingerprint density at radius 3 is 1.83 bits per heavy atom. The molecule has 2 aromatic carbocycles. The molecule has 30 heavy (non-hydrogen) atoms. The van der Waals surface area contributed by atoms with Gasteiger partial charge in [0.15, 0.2) is 0 Å². The van der Waals surface area contributed by atoms with Crippen LogP contribution in [0.25, 0.3) is 0 Å². The highest BCUT2D eigenvalue weighted by Crippen LogP contribution is 2.39. The van der Waals surface area contributed by atoms with Crippen molar-refractivity contribution in [3.8, 4) is 0 Å². The lowest BCUT2D eigenvalue weighted by Crippen LogP contribution is -2.40. The van der Waals surface area contributed by atoms with Crippen molar-refractivity contribution in [2.45, 2.75) is 49.9 Å². The van der Waals surface area contributed by atoms with Crippen molar-refractivity contribution in [1.82, 2.24) is 5.32 Å². The number of benzene rings is 2. The van der Waals surface area contributed by atoms with E-state index in [-0.39, 0.29) is 35.9 Å². The number of alkyl halides is 6. The van der Waals surface area contributed by atoms with Crippen LogP contribution in [0.2, 0.25) is 0 Å². The lowest BCUT2D eigenvalue weighted by Gasteiger charge is -2.38. The zero-order chi connectivity index (χ0) is 21.1. The Morgan fingerprint density at radius 1 is 0.800 bits per heavy atom. The van der Waals surface area contributed by atoms with Crippen molar-refractivity contribution in [2.24, 2.45) is 0 Å². The summed E-state index contributed by atoms with van der Waals surface area (Å²) < 4.78 is 78.3. The molecule has 0 unspecified atom stereocenters. The lowest BCUT2D eigenvalue weighted by molar-refractivity contribution is -0.143. The fourth-order valence-corrected chi connectivity index (χ4v) is 4.17. The van der Waals surface area contributed by atoms with Crippen LogP contribution in [0, 0.1) is 0 Å². The summed E-state index contributed by atoms with van der Waals surface area (Å²) in [6.07, 6.45) is -6.41. The summed E-state index contributed by atoms with van der Waals surface area (Å²) in [5, 5.41) is 3.32. The van der Waals surface area contributed by atoms with Crippen molar-refractivity contribution < 1.29 is 26.3 Å². The second-order valence-corrected chi connectivity index (χ2v) is 7.66. The van der Waals surface area contributed by atoms with Gasteiger partial charge in [-0.05, 0) is 79.9 Å². The molecule has 1 aliphatic heterocycles. The molecule has 0 aliphatic carbocycles. The Labute approximate surface area is 178 Å². The molecule has 1 nitrogen and oxygen atoms in total. The molecular formula is C22H24ClF6N. The average molecular weight is 452 g/mol. The van der Waals surface area contributed by atoms with Gasteiger partial charge in [0, 0.05) is 0 Å². The normalized spacial score (nSPS) is 16.7. The largest absolute Gasteiger partial charge is 0.416 e. The van der Waals surface area contributed by atoms with Crippen molar-refractivity contribution in [2.75, 3.05) is 13.1 Å². The molecule has 0 aromatic heterocycles. The van der Waals surface area contributed by atoms with Gasteiger partial charge in [0.05, 0.1) is 11.1 Å². The van der Waals surface area contributed by atoms with E-state index in [0.717, 1.165) is 44.5 Å². The van der Waals surface area contributed by atoms with Gasteiger partial charge in [0.2, 0.25) is 0 Å². The number of piperidine rings is 1. The van der Waals surface area contributed by atoms with Gasteiger partial charge in [-0.2, -0.15) is 26.3 Å². The molecule has 1 N–H and O–H groups in total. The number of rotatable bonds is 5. The van der Waals surface area contributed by atoms with Gasteiger partial charge in [0.25, 0.3) is 0 Å². The number of hydrogen-bond acceptors (Lipinski definition) is 1. The molecular weight excluding hydrogens is 428 g/mol. The quantitative estimate of drug-likeness (QED) is 0.493. The Hall–Kier alpha value is -1.73. The molecule has 0 radical (unpaired) electrons. The first-order valence-electron chi connectivity index (χ1n) is 9.65. The fourth-order valence-electron chi connectivity index (χ4n) is 4.17. The Morgan fingerprint density at radius 2 is 1.33 bits per heavy atom. The maximum Gasteiger partial charge on any atom is 0.416 e. The third-order valence-electron chi connectivity index (χ3n) is 5.72. The maximum absolute atomic E-state index is 13.1. The highest BCUT2D eigenvalue weighted by molar-refractivity contribution is 5.85. The second kappa shape index (κ2) is 9.60. The van der Waals surface area contributed by atoms with Crippen molar-refractivity contribution in [3.05, 3.63) is 70.8 Å². The first-order valence-corrected chi connectivity index (χ1v) is 9.65. The number of nitrogens with one attached hydrogen (secondary N) is 1. The highest BCUT2D eigenvalue weighted by Gasteiger charge is 2.37. The first-order chi connectivity index (χ1) is 13.6. The smallest absolute Gasteiger partial charge is 0.317 e. The molecule has 0 bridgehead atoms. The summed E-state index contributed by atoms with van der Waals surface area (Å²) in [5.41, 5.74) is -1.34. The molecule has 0 spiro atoms. The first kappa shape index (κ1) is 24.5. The predicted molar refractivity (Wildman–Crippen MR) is 107 cm³/mol. The minimum Gasteiger partial charge on any atom is -0.317 e. The van der Waals surface area contributed by atoms with Crippen LogP contribution in [0.3, 0.4) is 0 Å². The van der Waals surface area contributed by atoms with E-state index < -0.39 is 23.5 Å². The molecule has 1 aliphatic rings. The van der Waals surface area contributed by atoms with Crippen LogP contribution in [0.4, 0.5) is 26.3 Å². The van der Waals surface area contributed by atoms with E-state index in [2.05, 4.69) is 17.4 Å². The zero-order valence-electron chi connectivity index (χ0n) is 16.2. The third kappa shape index (κ3) is 5.91. The Bertz CT molecular complexity index is 778. The summed E-state index contributed by atoms with van der Waals surface area (Å²) in [5.74, 6) is 0. The summed E-state index contributed by atoms with van der Waals surface area (Å²) in [6.45, 7) is 1.69. The minimum absolute atomic E-state index is 0. The van der Waals surface area contributed by atoms with Gasteiger partial charge in [-0.25, -0.2) is 0 Å². The molecule has 166 valence electrons. The van der Waals surface area contributed by atoms with Gasteiger partial charge in [-0.15, -0.1) is 12.4 Å². The van der Waals surface area contributed by atoms with Crippen LogP contribution < -0.4 is 5.32 Å². The number of halogens is 7. The molecule has 8 heteroatoms. The SMILES string of the molecule is Cl.FC(F)(F)c1cc(CCCC2(c3ccccc3)CCNCC2)cc(C(F)(F)F)c1. The van der Waals surface area contributed by atoms with Crippen molar-refractivity contribution in [1.29, 1.82) is 0 Å². The van der Waals surface area contributed by atoms with E-state index >= 15 is 0 Å². The second-order valence-electron chi connectivity index (χ2n) is 7.66. The summed E-state index contributed by atoms with van der Waals surface area (Å²) in [4.78, 5) is 0. The molecule has 0 saturated carbocycles. The van der Waals surface area contributed by atoms with E-state index in [1.165, 1.54) is 5.56 Å². The van der Waals surface area contributed by atoms with Crippen LogP contribution in [0.1, 0.15) is 47.9 Å². The van der Waals surface area contributed by atoms with Gasteiger partial charge < -0.3 is 5.32 Å². The third-order valence-corrected chi connectivity index (χ3v) is 5.72. The molecule has 1 fully saturated rings. The maximum atomic E-state index is 13.1. The predicted octanol–water partition coefficient (Wildman–Crippen LogP) is 6.79. The molecule has 1 saturated heterocycles. The summed E-state index contributed by atoms with van der Waals surface area (Å²) in [7, 11) is 0. The molecule has 0 atom stereocenters. The van der Waals surface area contributed by atoms with E-state index in [0.29, 0.717) is 6.42 Å². The van der Waals surface area contributed by atoms with Crippen LogP contribution in [-0.2, 0) is 24.2 Å². The number of aryl methyl sites for hydroxylation is 1. The molecule has 1 heterocycles. The Balaban J connectivity index is 0.00000320. The van der Waals surface area contributed by atoms with Crippen LogP contribution >= 0.6 is 12.4 Å². The monoisotopic (exact) mass is 451 g/mol. The van der Waals surface area contributed by atoms with Crippen LogP contribution in [0.5, 0.6) is 0 Å². The molecule has 2 aromatic rings. The van der Waals surface area contributed by atoms with Crippen molar-refractivity contribution in [3.63, 3.8) is 0 Å². The lowest BCUT2D eigenvalue weighted by atomic mass is 9.70. The van der Waals surface area contributed by atoms with Crippen LogP contribution in [0.15, 0.2) is 48.5 Å². The van der Waals surface area contributed by atoms with Gasteiger partial charge in [-0.1, -0.05) is 30.3 Å². The molecule has 0 amide bonds. The van der Waals surface area contributed by atoms with E-state index in [9.17, 15) is 26.3 Å². The number of hydrogen-bond donors (Lipinski definition) is 1. The van der Waals surface area contributed by atoms with Gasteiger partial charge >= 0.3 is 12.4 Å². The van der Waals surface area contributed by atoms with Gasteiger partial charge in [0.1, 0.15) is 0 Å². The minimum atomic E-state index is -4.81. The standard InChI is InChI=1S/C22H23F6N.ClH/c23-21(24,25)18-13-16(14-19(15-18)22(26,27)28)5-4-8-20(9-11-29-12-10-20)17-6-2-1-3-7-17;/h1-3,6-7,13-15,29H,4-5,8-12H2;1H. The van der Waals surface area contributed by atoms with E-state index in [4.69, 9.17) is 0 Å². The summed E-state index contributed by atoms with van der Waals surface area (Å²) >= 11 is 0. The van der Waals surface area contributed by atoms with Gasteiger partial charge in [-0.3, -0.25) is 0 Å². The fraction of sp³-hybridized carbons (Fsp3) is 0.455. The van der Waals surface area contributed by atoms with Crippen LogP contribution in [-0.4, -0.2) is 13.1 Å². The zero-order valence-corrected chi connectivity index (χ0v) is 17.1. The van der Waals surface area contributed by atoms with E-state index in [1.807, 2.05) is 18.2 Å². The summed E-state index contributed by atoms with van der Waals surface area (Å²) in [6, 6.07) is 11.8. The Kier molecular flexibility index (Phi) is 7.85.